The molecule has 14 nitrogen and oxygen atoms in total. The van der Waals surface area contributed by atoms with Crippen LogP contribution in [0.3, 0.4) is 0 Å². The van der Waals surface area contributed by atoms with E-state index in [1.165, 1.54) is 4.90 Å². The summed E-state index contributed by atoms with van der Waals surface area (Å²) < 4.78 is 45.7. The smallest absolute Gasteiger partial charge is 0.408 e. The maximum Gasteiger partial charge on any atom is 0.408 e. The first-order valence-corrected chi connectivity index (χ1v) is 21.3. The number of sulfonamides is 1. The minimum atomic E-state index is -3.90. The van der Waals surface area contributed by atoms with E-state index in [9.17, 15) is 27.6 Å². The van der Waals surface area contributed by atoms with Gasteiger partial charge in [0.05, 0.1) is 24.6 Å². The molecule has 0 bridgehead atoms. The maximum absolute atomic E-state index is 14.6. The van der Waals surface area contributed by atoms with Crippen LogP contribution in [0.1, 0.15) is 78.6 Å². The van der Waals surface area contributed by atoms with E-state index >= 15 is 0 Å². The molecule has 2 aliphatic heterocycles. The average Bonchev–Trinajstić information content (AvgIpc) is 4.09. The second kappa shape index (κ2) is 16.0. The van der Waals surface area contributed by atoms with Crippen LogP contribution in [-0.4, -0.2) is 90.3 Å². The number of allylic oxidation sites excluding steroid dienone is 1. The summed E-state index contributed by atoms with van der Waals surface area (Å²) in [5.41, 5.74) is -0.822. The molecule has 3 N–H and O–H groups in total. The standard InChI is InChI=1S/C42H51N5O9S/c1-41(2,3)56-40(51)44-33-16-12-7-5-6-11-15-28-24-42(28,39(50)46-57(52,53)31-18-19-31)45-36(48)35-23-30(25-47(35)38(33)49)55-37-32-20-17-29(54-4)21-27(32)22-34(43-37)26-13-9-8-10-14-26/h8-11,13-15,17,20-22,28,30-31,33,35H,5-7,12,16,18-19,23-25H2,1-4H3,(H,44,51)(H,45,48)(H,46,50)/b15-11-/t28-,30-,33+,35+,42-/m1/s1. The summed E-state index contributed by atoms with van der Waals surface area (Å²) in [4.78, 5) is 62.3. The number of rotatable bonds is 8. The topological polar surface area (TPSA) is 182 Å². The van der Waals surface area contributed by atoms with E-state index in [1.807, 2.05) is 60.7 Å². The number of nitrogens with one attached hydrogen (secondary N) is 3. The van der Waals surface area contributed by atoms with E-state index < -0.39 is 74.3 Å². The van der Waals surface area contributed by atoms with Gasteiger partial charge in [0.2, 0.25) is 27.7 Å². The number of hydrogen-bond acceptors (Lipinski definition) is 10. The lowest BCUT2D eigenvalue weighted by Gasteiger charge is -2.30. The van der Waals surface area contributed by atoms with Gasteiger partial charge in [0.1, 0.15) is 35.1 Å². The molecule has 1 aromatic heterocycles. The van der Waals surface area contributed by atoms with Crippen LogP contribution >= 0.6 is 0 Å². The van der Waals surface area contributed by atoms with Crippen molar-refractivity contribution >= 4 is 44.6 Å². The zero-order chi connectivity index (χ0) is 40.5. The van der Waals surface area contributed by atoms with E-state index in [-0.39, 0.29) is 19.4 Å². The van der Waals surface area contributed by atoms with Crippen molar-refractivity contribution in [2.24, 2.45) is 5.92 Å². The maximum atomic E-state index is 14.6. The SMILES string of the molecule is COc1ccc2c(O[C@@H]3C[C@H]4C(=O)N[C@]5(C(=O)NS(=O)(=O)C6CC6)C[C@H]5/C=C\CCCCC[C@H](NC(=O)OC(C)(C)C)C(=O)N4C3)nc(-c3ccccc3)cc2c1. The van der Waals surface area contributed by atoms with Gasteiger partial charge >= 0.3 is 6.09 Å². The highest BCUT2D eigenvalue weighted by atomic mass is 32.2. The molecule has 4 aliphatic rings. The first kappa shape index (κ1) is 40.0. The summed E-state index contributed by atoms with van der Waals surface area (Å²) in [6.45, 7) is 5.16. The van der Waals surface area contributed by atoms with Gasteiger partial charge in [0.15, 0.2) is 0 Å². The number of nitrogens with zero attached hydrogens (tertiary/aromatic N) is 2. The lowest BCUT2D eigenvalue weighted by Crippen LogP contribution is -2.58. The molecule has 4 amide bonds. The zero-order valence-electron chi connectivity index (χ0n) is 32.8. The first-order valence-electron chi connectivity index (χ1n) is 19.7. The number of carbonyl (C=O) groups excluding carboxylic acids is 4. The molecule has 3 fully saturated rings. The Balaban J connectivity index is 1.23. The Kier molecular flexibility index (Phi) is 11.2. The van der Waals surface area contributed by atoms with Gasteiger partial charge in [0, 0.05) is 23.3 Å². The van der Waals surface area contributed by atoms with Gasteiger partial charge in [0.25, 0.3) is 5.91 Å². The number of carbonyl (C=O) groups is 4. The van der Waals surface area contributed by atoms with Crippen molar-refractivity contribution < 1.29 is 41.8 Å². The summed E-state index contributed by atoms with van der Waals surface area (Å²) in [6.07, 6.45) is 6.65. The van der Waals surface area contributed by atoms with Crippen LogP contribution in [-0.2, 0) is 29.1 Å². The lowest BCUT2D eigenvalue weighted by molar-refractivity contribution is -0.141. The first-order chi connectivity index (χ1) is 27.2. The van der Waals surface area contributed by atoms with Crippen molar-refractivity contribution in [3.63, 3.8) is 0 Å². The van der Waals surface area contributed by atoms with E-state index in [2.05, 4.69) is 15.4 Å². The Hall–Kier alpha value is -5.18. The Morgan fingerprint density at radius 3 is 2.49 bits per heavy atom. The Morgan fingerprint density at radius 2 is 1.77 bits per heavy atom. The van der Waals surface area contributed by atoms with Gasteiger partial charge in [-0.15, -0.1) is 0 Å². The number of benzene rings is 2. The van der Waals surface area contributed by atoms with Gasteiger partial charge in [-0.25, -0.2) is 18.2 Å². The number of fused-ring (bicyclic) bond motifs is 3. The summed E-state index contributed by atoms with van der Waals surface area (Å²) >= 11 is 0. The van der Waals surface area contributed by atoms with Gasteiger partial charge in [-0.1, -0.05) is 55.3 Å². The lowest BCUT2D eigenvalue weighted by atomic mass is 10.0. The number of alkyl carbamates (subject to hydrolysis) is 1. The van der Waals surface area contributed by atoms with Gasteiger partial charge in [-0.05, 0) is 88.9 Å². The Morgan fingerprint density at radius 1 is 1.00 bits per heavy atom. The van der Waals surface area contributed by atoms with E-state index in [4.69, 9.17) is 19.2 Å². The fraction of sp³-hybridized carbons (Fsp3) is 0.500. The second-order valence-corrected chi connectivity index (χ2v) is 18.4. The van der Waals surface area contributed by atoms with Gasteiger partial charge < -0.3 is 29.7 Å². The fourth-order valence-corrected chi connectivity index (χ4v) is 9.00. The van der Waals surface area contributed by atoms with Crippen molar-refractivity contribution in [1.29, 1.82) is 0 Å². The van der Waals surface area contributed by atoms with Gasteiger partial charge in [-0.2, -0.15) is 0 Å². The molecule has 3 heterocycles. The van der Waals surface area contributed by atoms with E-state index in [1.54, 1.807) is 33.9 Å². The molecule has 2 aromatic carbocycles. The fourth-order valence-electron chi connectivity index (χ4n) is 7.63. The minimum absolute atomic E-state index is 0.0309. The van der Waals surface area contributed by atoms with Crippen molar-refractivity contribution in [3.8, 4) is 22.9 Å². The third kappa shape index (κ3) is 9.19. The molecule has 2 aliphatic carbocycles. The average molecular weight is 802 g/mol. The van der Waals surface area contributed by atoms with Crippen LogP contribution < -0.4 is 24.8 Å². The zero-order valence-corrected chi connectivity index (χ0v) is 33.6. The molecule has 15 heteroatoms. The van der Waals surface area contributed by atoms with Crippen LogP contribution in [0.2, 0.25) is 0 Å². The minimum Gasteiger partial charge on any atom is -0.497 e. The summed E-state index contributed by atoms with van der Waals surface area (Å²) in [5, 5.41) is 6.53. The predicted molar refractivity (Wildman–Crippen MR) is 213 cm³/mol. The molecular formula is C42H51N5O9S. The van der Waals surface area contributed by atoms with Crippen molar-refractivity contribution in [3.05, 3.63) is 66.7 Å². The number of amides is 4. The summed E-state index contributed by atoms with van der Waals surface area (Å²) in [7, 11) is -2.32. The number of ether oxygens (including phenoxy) is 3. The number of pyridine rings is 1. The molecule has 1 saturated heterocycles. The molecule has 0 radical (unpaired) electrons. The quantitative estimate of drug-likeness (QED) is 0.258. The molecule has 2 saturated carbocycles. The van der Waals surface area contributed by atoms with Crippen LogP contribution in [0.15, 0.2) is 66.7 Å². The monoisotopic (exact) mass is 801 g/mol. The highest BCUT2D eigenvalue weighted by Crippen LogP contribution is 2.46. The largest absolute Gasteiger partial charge is 0.497 e. The molecule has 0 unspecified atom stereocenters. The van der Waals surface area contributed by atoms with E-state index in [0.717, 1.165) is 23.8 Å². The highest BCUT2D eigenvalue weighted by molar-refractivity contribution is 7.91. The van der Waals surface area contributed by atoms with Crippen LogP contribution in [0.5, 0.6) is 11.6 Å². The van der Waals surface area contributed by atoms with Crippen molar-refractivity contribution in [2.45, 2.75) is 113 Å². The molecule has 0 spiro atoms. The number of hydrogen-bond donors (Lipinski definition) is 3. The normalized spacial score (nSPS) is 26.1. The van der Waals surface area contributed by atoms with E-state index in [0.29, 0.717) is 54.8 Å². The molecular weight excluding hydrogens is 751 g/mol. The Labute approximate surface area is 333 Å². The molecule has 7 rings (SSSR count). The summed E-state index contributed by atoms with van der Waals surface area (Å²) in [5.74, 6) is -1.41. The van der Waals surface area contributed by atoms with Gasteiger partial charge in [-0.3, -0.25) is 19.1 Å². The number of aromatic nitrogens is 1. The second-order valence-electron chi connectivity index (χ2n) is 16.5. The molecule has 5 atom stereocenters. The molecule has 57 heavy (non-hydrogen) atoms. The van der Waals surface area contributed by atoms with Crippen LogP contribution in [0.25, 0.3) is 22.0 Å². The highest BCUT2D eigenvalue weighted by Gasteiger charge is 2.62. The third-order valence-electron chi connectivity index (χ3n) is 10.9. The molecule has 304 valence electrons. The summed E-state index contributed by atoms with van der Waals surface area (Å²) in [6, 6.07) is 14.9. The predicted octanol–water partition coefficient (Wildman–Crippen LogP) is 5.16. The number of methoxy groups -OCH3 is 1. The molecule has 3 aromatic rings. The van der Waals surface area contributed by atoms with Crippen molar-refractivity contribution in [2.75, 3.05) is 13.7 Å². The van der Waals surface area contributed by atoms with Crippen molar-refractivity contribution in [1.82, 2.24) is 25.2 Å². The van der Waals surface area contributed by atoms with Crippen LogP contribution in [0.4, 0.5) is 4.79 Å². The van der Waals surface area contributed by atoms with Crippen LogP contribution in [0, 0.1) is 5.92 Å². The third-order valence-corrected chi connectivity index (χ3v) is 12.7. The Bertz CT molecular complexity index is 2170.